The quantitative estimate of drug-likeness (QED) is 0.535. The third-order valence-corrected chi connectivity index (χ3v) is 6.32. The zero-order valence-electron chi connectivity index (χ0n) is 15.8. The van der Waals surface area contributed by atoms with Gasteiger partial charge in [0.1, 0.15) is 10.8 Å². The van der Waals surface area contributed by atoms with Gasteiger partial charge in [-0.05, 0) is 38.2 Å². The number of hydrogen-bond acceptors (Lipinski definition) is 7. The molecule has 2 aromatic rings. The van der Waals surface area contributed by atoms with Crippen molar-refractivity contribution in [3.8, 4) is 0 Å². The number of amides is 1. The highest BCUT2D eigenvalue weighted by atomic mass is 32.2. The van der Waals surface area contributed by atoms with Gasteiger partial charge in [0.25, 0.3) is 0 Å². The molecular formula is C18H24N4O3S2. The van der Waals surface area contributed by atoms with E-state index in [1.807, 2.05) is 13.8 Å². The molecule has 1 amide bonds. The Morgan fingerprint density at radius 3 is 2.81 bits per heavy atom. The van der Waals surface area contributed by atoms with Crippen LogP contribution in [0, 0.1) is 0 Å². The zero-order chi connectivity index (χ0) is 19.4. The lowest BCUT2D eigenvalue weighted by molar-refractivity contribution is -0.113. The van der Waals surface area contributed by atoms with Gasteiger partial charge in [-0.15, -0.1) is 16.4 Å². The van der Waals surface area contributed by atoms with Crippen molar-refractivity contribution in [3.63, 3.8) is 0 Å². The molecule has 9 heteroatoms. The number of aryl methyl sites for hydroxylation is 1. The molecule has 0 radical (unpaired) electrons. The second kappa shape index (κ2) is 8.88. The normalized spacial score (nSPS) is 13.5. The van der Waals surface area contributed by atoms with Crippen molar-refractivity contribution < 1.29 is 14.3 Å². The van der Waals surface area contributed by atoms with Gasteiger partial charge in [-0.25, -0.2) is 9.78 Å². The number of aromatic nitrogens is 3. The monoisotopic (exact) mass is 408 g/mol. The molecule has 0 fully saturated rings. The van der Waals surface area contributed by atoms with E-state index >= 15 is 0 Å². The Morgan fingerprint density at radius 2 is 2.11 bits per heavy atom. The summed E-state index contributed by atoms with van der Waals surface area (Å²) in [5.74, 6) is 0.703. The van der Waals surface area contributed by atoms with Gasteiger partial charge in [-0.3, -0.25) is 9.89 Å². The number of esters is 1. The van der Waals surface area contributed by atoms with Crippen LogP contribution in [-0.4, -0.2) is 39.4 Å². The Labute approximate surface area is 166 Å². The van der Waals surface area contributed by atoms with Crippen LogP contribution in [0.25, 0.3) is 0 Å². The highest BCUT2D eigenvalue weighted by Crippen LogP contribution is 2.38. The molecule has 0 spiro atoms. The third-order valence-electron chi connectivity index (χ3n) is 4.27. The van der Waals surface area contributed by atoms with Gasteiger partial charge in [0, 0.05) is 10.8 Å². The van der Waals surface area contributed by atoms with Crippen LogP contribution < -0.4 is 5.32 Å². The number of rotatable bonds is 7. The van der Waals surface area contributed by atoms with E-state index in [2.05, 4.69) is 20.5 Å². The summed E-state index contributed by atoms with van der Waals surface area (Å²) in [6.07, 6.45) is 3.98. The number of fused-ring (bicyclic) bond motifs is 1. The van der Waals surface area contributed by atoms with Crippen molar-refractivity contribution in [3.05, 3.63) is 21.8 Å². The van der Waals surface area contributed by atoms with Crippen LogP contribution >= 0.6 is 23.1 Å². The molecular weight excluding hydrogens is 384 g/mol. The number of anilines is 1. The second-order valence-corrected chi connectivity index (χ2v) is 8.68. The van der Waals surface area contributed by atoms with Gasteiger partial charge in [0.15, 0.2) is 0 Å². The van der Waals surface area contributed by atoms with E-state index < -0.39 is 0 Å². The molecule has 3 rings (SSSR count). The van der Waals surface area contributed by atoms with E-state index in [1.165, 1.54) is 28.0 Å². The Balaban J connectivity index is 1.69. The van der Waals surface area contributed by atoms with Gasteiger partial charge >= 0.3 is 5.97 Å². The van der Waals surface area contributed by atoms with Crippen molar-refractivity contribution in [1.82, 2.24) is 15.2 Å². The summed E-state index contributed by atoms with van der Waals surface area (Å²) in [5.41, 5.74) is 1.58. The van der Waals surface area contributed by atoms with Crippen LogP contribution in [-0.2, 0) is 22.4 Å². The second-order valence-electron chi connectivity index (χ2n) is 6.63. The summed E-state index contributed by atoms with van der Waals surface area (Å²) in [6.45, 7) is 6.15. The van der Waals surface area contributed by atoms with Crippen LogP contribution in [0.4, 0.5) is 5.00 Å². The Morgan fingerprint density at radius 1 is 1.33 bits per heavy atom. The minimum Gasteiger partial charge on any atom is -0.462 e. The van der Waals surface area contributed by atoms with Gasteiger partial charge in [0.2, 0.25) is 11.1 Å². The van der Waals surface area contributed by atoms with Crippen LogP contribution in [0.5, 0.6) is 0 Å². The number of hydrogen-bond donors (Lipinski definition) is 2. The molecule has 0 saturated heterocycles. The Kier molecular flexibility index (Phi) is 6.54. The van der Waals surface area contributed by atoms with E-state index in [4.69, 9.17) is 4.74 Å². The number of thiophene rings is 1. The van der Waals surface area contributed by atoms with Crippen LogP contribution in [0.2, 0.25) is 0 Å². The first-order valence-electron chi connectivity index (χ1n) is 9.16. The summed E-state index contributed by atoms with van der Waals surface area (Å²) in [5, 5.41) is 11.0. The van der Waals surface area contributed by atoms with Crippen LogP contribution in [0.3, 0.4) is 0 Å². The molecule has 1 aliphatic carbocycles. The molecule has 0 atom stereocenters. The average molecular weight is 409 g/mol. The van der Waals surface area contributed by atoms with E-state index in [-0.39, 0.29) is 23.5 Å². The highest BCUT2D eigenvalue weighted by Gasteiger charge is 2.27. The maximum absolute atomic E-state index is 12.4. The predicted octanol–water partition coefficient (Wildman–Crippen LogP) is 3.78. The predicted molar refractivity (Wildman–Crippen MR) is 107 cm³/mol. The summed E-state index contributed by atoms with van der Waals surface area (Å²) in [7, 11) is 0. The van der Waals surface area contributed by atoms with Crippen molar-refractivity contribution >= 4 is 40.0 Å². The fourth-order valence-corrected chi connectivity index (χ4v) is 4.85. The SMILES string of the molecule is CCOC(=O)c1c(NC(=O)CSc2n[nH]c(C(C)C)n2)sc2c1CCCC2. The van der Waals surface area contributed by atoms with Crippen molar-refractivity contribution in [2.75, 3.05) is 17.7 Å². The standard InChI is InChI=1S/C18H24N4O3S2/c1-4-25-17(24)14-11-7-5-6-8-12(11)27-16(14)19-13(23)9-26-18-20-15(10(2)3)21-22-18/h10H,4-9H2,1-3H3,(H,19,23)(H,20,21,22). The zero-order valence-corrected chi connectivity index (χ0v) is 17.4. The highest BCUT2D eigenvalue weighted by molar-refractivity contribution is 7.99. The molecule has 27 heavy (non-hydrogen) atoms. The van der Waals surface area contributed by atoms with E-state index in [0.717, 1.165) is 37.1 Å². The maximum atomic E-state index is 12.4. The number of nitrogens with zero attached hydrogens (tertiary/aromatic N) is 2. The van der Waals surface area contributed by atoms with Gasteiger partial charge in [-0.2, -0.15) is 0 Å². The molecule has 146 valence electrons. The fourth-order valence-electron chi connectivity index (χ4n) is 2.95. The van der Waals surface area contributed by atoms with E-state index in [0.29, 0.717) is 22.3 Å². The number of carbonyl (C=O) groups excluding carboxylic acids is 2. The number of nitrogens with one attached hydrogen (secondary N) is 2. The number of aromatic amines is 1. The summed E-state index contributed by atoms with van der Waals surface area (Å²) >= 11 is 2.76. The molecule has 2 aromatic heterocycles. The molecule has 0 aromatic carbocycles. The topological polar surface area (TPSA) is 97.0 Å². The molecule has 7 nitrogen and oxygen atoms in total. The lowest BCUT2D eigenvalue weighted by Crippen LogP contribution is -2.17. The number of thioether (sulfide) groups is 1. The first kappa shape index (κ1) is 19.9. The lowest BCUT2D eigenvalue weighted by Gasteiger charge is -2.12. The van der Waals surface area contributed by atoms with Gasteiger partial charge in [-0.1, -0.05) is 25.6 Å². The summed E-state index contributed by atoms with van der Waals surface area (Å²) in [6, 6.07) is 0. The van der Waals surface area contributed by atoms with E-state index in [1.54, 1.807) is 6.92 Å². The minimum atomic E-state index is -0.351. The fraction of sp³-hybridized carbons (Fsp3) is 0.556. The van der Waals surface area contributed by atoms with Crippen molar-refractivity contribution in [2.45, 2.75) is 57.5 Å². The number of H-pyrrole nitrogens is 1. The smallest absolute Gasteiger partial charge is 0.341 e. The first-order chi connectivity index (χ1) is 13.0. The molecule has 0 bridgehead atoms. The maximum Gasteiger partial charge on any atom is 0.341 e. The van der Waals surface area contributed by atoms with Gasteiger partial charge in [0.05, 0.1) is 17.9 Å². The minimum absolute atomic E-state index is 0.181. The molecule has 2 heterocycles. The Hall–Kier alpha value is -1.87. The summed E-state index contributed by atoms with van der Waals surface area (Å²) in [4.78, 5) is 30.4. The largest absolute Gasteiger partial charge is 0.462 e. The first-order valence-corrected chi connectivity index (χ1v) is 11.0. The molecule has 0 saturated carbocycles. The average Bonchev–Trinajstić information content (AvgIpc) is 3.24. The lowest BCUT2D eigenvalue weighted by atomic mass is 9.95. The third kappa shape index (κ3) is 4.70. The van der Waals surface area contributed by atoms with Crippen molar-refractivity contribution in [1.29, 1.82) is 0 Å². The van der Waals surface area contributed by atoms with Gasteiger partial charge < -0.3 is 10.1 Å². The number of carbonyl (C=O) groups is 2. The molecule has 0 unspecified atom stereocenters. The Bertz CT molecular complexity index is 829. The van der Waals surface area contributed by atoms with E-state index in [9.17, 15) is 9.59 Å². The van der Waals surface area contributed by atoms with Crippen molar-refractivity contribution in [2.24, 2.45) is 0 Å². The number of ether oxygens (including phenoxy) is 1. The summed E-state index contributed by atoms with van der Waals surface area (Å²) < 4.78 is 5.22. The van der Waals surface area contributed by atoms with Crippen LogP contribution in [0.1, 0.15) is 66.2 Å². The molecule has 2 N–H and O–H groups in total. The van der Waals surface area contributed by atoms with Crippen LogP contribution in [0.15, 0.2) is 5.16 Å². The molecule has 0 aliphatic heterocycles. The molecule has 1 aliphatic rings.